The van der Waals surface area contributed by atoms with E-state index in [0.717, 1.165) is 18.6 Å². The summed E-state index contributed by atoms with van der Waals surface area (Å²) in [5, 5.41) is 2.12. The first-order valence-electron chi connectivity index (χ1n) is 6.45. The molecule has 1 aromatic heterocycles. The van der Waals surface area contributed by atoms with E-state index in [1.807, 2.05) is 12.1 Å². The number of piperidine rings is 1. The van der Waals surface area contributed by atoms with Gasteiger partial charge in [0.1, 0.15) is 5.76 Å². The van der Waals surface area contributed by atoms with Crippen LogP contribution in [-0.2, 0) is 4.84 Å². The minimum Gasteiger partial charge on any atom is -0.468 e. The number of nitrogens with zero attached hydrogens (tertiary/aromatic N) is 1. The molecule has 0 saturated carbocycles. The number of hydrogen-bond acceptors (Lipinski definition) is 3. The van der Waals surface area contributed by atoms with Crippen LogP contribution in [0.15, 0.2) is 53.1 Å². The standard InChI is InChI=1S/C15H15NO2/c1-2-5-11(6-3-1)13-9-12-10-14(16(13)18-12)15-7-4-8-17-15/h1-8,12-14H,9-10H2/t12-,13-,14+/m0/s1. The number of fused-ring (bicyclic) bond motifs is 2. The lowest BCUT2D eigenvalue weighted by atomic mass is 9.92. The maximum atomic E-state index is 5.95. The van der Waals surface area contributed by atoms with Crippen molar-refractivity contribution in [2.24, 2.45) is 0 Å². The lowest BCUT2D eigenvalue weighted by molar-refractivity contribution is -0.139. The molecule has 1 unspecified atom stereocenters. The van der Waals surface area contributed by atoms with Gasteiger partial charge in [-0.1, -0.05) is 30.3 Å². The molecule has 18 heavy (non-hydrogen) atoms. The summed E-state index contributed by atoms with van der Waals surface area (Å²) in [6.07, 6.45) is 4.20. The van der Waals surface area contributed by atoms with Crippen LogP contribution < -0.4 is 0 Å². The molecule has 0 N–H and O–H groups in total. The van der Waals surface area contributed by atoms with E-state index in [4.69, 9.17) is 9.25 Å². The summed E-state index contributed by atoms with van der Waals surface area (Å²) < 4.78 is 5.53. The van der Waals surface area contributed by atoms with Crippen LogP contribution in [0.3, 0.4) is 0 Å². The molecule has 3 heterocycles. The molecule has 0 radical (unpaired) electrons. The van der Waals surface area contributed by atoms with E-state index >= 15 is 0 Å². The first-order chi connectivity index (χ1) is 8.92. The van der Waals surface area contributed by atoms with Crippen molar-refractivity contribution in [1.29, 1.82) is 0 Å². The van der Waals surface area contributed by atoms with Gasteiger partial charge in [-0.25, -0.2) is 0 Å². The average molecular weight is 241 g/mol. The first kappa shape index (κ1) is 10.4. The molecule has 2 fully saturated rings. The van der Waals surface area contributed by atoms with Gasteiger partial charge >= 0.3 is 0 Å². The molecule has 2 bridgehead atoms. The highest BCUT2D eigenvalue weighted by Crippen LogP contribution is 2.49. The third kappa shape index (κ3) is 1.51. The zero-order valence-corrected chi connectivity index (χ0v) is 10.0. The van der Waals surface area contributed by atoms with Gasteiger partial charge in [0.25, 0.3) is 0 Å². The van der Waals surface area contributed by atoms with Gasteiger partial charge in [-0.2, -0.15) is 5.06 Å². The van der Waals surface area contributed by atoms with E-state index in [0.29, 0.717) is 12.1 Å². The van der Waals surface area contributed by atoms with Crippen molar-refractivity contribution in [3.8, 4) is 0 Å². The van der Waals surface area contributed by atoms with E-state index in [1.165, 1.54) is 5.56 Å². The number of hydrogen-bond donors (Lipinski definition) is 0. The van der Waals surface area contributed by atoms with E-state index in [1.54, 1.807) is 6.26 Å². The van der Waals surface area contributed by atoms with Gasteiger partial charge in [-0.05, 0) is 24.1 Å². The van der Waals surface area contributed by atoms with Gasteiger partial charge in [0.05, 0.1) is 24.5 Å². The Morgan fingerprint density at radius 3 is 2.50 bits per heavy atom. The fraction of sp³-hybridized carbons (Fsp3) is 0.333. The molecule has 2 saturated heterocycles. The molecule has 0 spiro atoms. The summed E-state index contributed by atoms with van der Waals surface area (Å²) in [5.74, 6) is 1.01. The summed E-state index contributed by atoms with van der Waals surface area (Å²) in [4.78, 5) is 5.95. The third-order valence-corrected chi connectivity index (χ3v) is 3.91. The highest BCUT2D eigenvalue weighted by Gasteiger charge is 2.47. The zero-order valence-electron chi connectivity index (χ0n) is 10.0. The van der Waals surface area contributed by atoms with Crippen molar-refractivity contribution in [2.45, 2.75) is 31.0 Å². The van der Waals surface area contributed by atoms with E-state index in [-0.39, 0.29) is 6.04 Å². The van der Waals surface area contributed by atoms with E-state index < -0.39 is 0 Å². The molecule has 1 aromatic carbocycles. The van der Waals surface area contributed by atoms with Gasteiger partial charge in [-0.15, -0.1) is 0 Å². The maximum Gasteiger partial charge on any atom is 0.123 e. The lowest BCUT2D eigenvalue weighted by Gasteiger charge is -2.28. The smallest absolute Gasteiger partial charge is 0.123 e. The second-order valence-electron chi connectivity index (χ2n) is 5.02. The van der Waals surface area contributed by atoms with Crippen molar-refractivity contribution in [3.05, 3.63) is 60.1 Å². The highest BCUT2D eigenvalue weighted by atomic mass is 16.7. The van der Waals surface area contributed by atoms with Gasteiger partial charge in [0.15, 0.2) is 0 Å². The molecular formula is C15H15NO2. The quantitative estimate of drug-likeness (QED) is 0.805. The zero-order chi connectivity index (χ0) is 11.9. The van der Waals surface area contributed by atoms with Crippen LogP contribution in [0.5, 0.6) is 0 Å². The number of furan rings is 1. The molecule has 4 rings (SSSR count). The van der Waals surface area contributed by atoms with E-state index in [9.17, 15) is 0 Å². The van der Waals surface area contributed by atoms with Crippen molar-refractivity contribution in [1.82, 2.24) is 5.06 Å². The topological polar surface area (TPSA) is 25.6 Å². The summed E-state index contributed by atoms with van der Waals surface area (Å²) >= 11 is 0. The Morgan fingerprint density at radius 2 is 1.78 bits per heavy atom. The summed E-state index contributed by atoms with van der Waals surface area (Å²) in [5.41, 5.74) is 1.33. The second-order valence-corrected chi connectivity index (χ2v) is 5.02. The van der Waals surface area contributed by atoms with Crippen LogP contribution in [0, 0.1) is 0 Å². The summed E-state index contributed by atoms with van der Waals surface area (Å²) in [7, 11) is 0. The maximum absolute atomic E-state index is 5.95. The van der Waals surface area contributed by atoms with Gasteiger partial charge in [0.2, 0.25) is 0 Å². The second kappa shape index (κ2) is 3.97. The Labute approximate surface area is 106 Å². The minimum atomic E-state index is 0.268. The third-order valence-electron chi connectivity index (χ3n) is 3.91. The average Bonchev–Trinajstić information content (AvgIpc) is 3.15. The van der Waals surface area contributed by atoms with Crippen LogP contribution in [0.4, 0.5) is 0 Å². The molecule has 2 aliphatic heterocycles. The Kier molecular flexibility index (Phi) is 2.28. The Bertz CT molecular complexity index is 523. The molecule has 92 valence electrons. The van der Waals surface area contributed by atoms with Crippen molar-refractivity contribution >= 4 is 0 Å². The first-order valence-corrected chi connectivity index (χ1v) is 6.45. The predicted octanol–water partition coefficient (Wildman–Crippen LogP) is 3.47. The fourth-order valence-electron chi connectivity index (χ4n) is 3.11. The van der Waals surface area contributed by atoms with Crippen molar-refractivity contribution < 1.29 is 9.25 Å². The van der Waals surface area contributed by atoms with Crippen LogP contribution >= 0.6 is 0 Å². The Morgan fingerprint density at radius 1 is 0.944 bits per heavy atom. The molecule has 0 aliphatic carbocycles. The summed E-state index contributed by atoms with van der Waals surface area (Å²) in [6, 6.07) is 15.2. The van der Waals surface area contributed by atoms with Crippen LogP contribution in [-0.4, -0.2) is 11.2 Å². The van der Waals surface area contributed by atoms with Crippen molar-refractivity contribution in [3.63, 3.8) is 0 Å². The van der Waals surface area contributed by atoms with Crippen LogP contribution in [0.2, 0.25) is 0 Å². The van der Waals surface area contributed by atoms with Gasteiger partial charge < -0.3 is 4.42 Å². The Hall–Kier alpha value is -1.58. The Balaban J connectivity index is 1.65. The fourth-order valence-corrected chi connectivity index (χ4v) is 3.11. The number of rotatable bonds is 2. The van der Waals surface area contributed by atoms with Crippen LogP contribution in [0.1, 0.15) is 36.2 Å². The largest absolute Gasteiger partial charge is 0.468 e. The minimum absolute atomic E-state index is 0.268. The van der Waals surface area contributed by atoms with Gasteiger partial charge in [-0.3, -0.25) is 4.84 Å². The number of hydroxylamine groups is 2. The summed E-state index contributed by atoms with van der Waals surface area (Å²) in [6.45, 7) is 0. The molecule has 2 aliphatic rings. The van der Waals surface area contributed by atoms with Crippen molar-refractivity contribution in [2.75, 3.05) is 0 Å². The SMILES string of the molecule is c1ccc([C@@H]2C[C@H]3C[C@H](c4ccco4)N2O3)cc1. The predicted molar refractivity (Wildman–Crippen MR) is 66.6 cm³/mol. The molecule has 0 amide bonds. The molecule has 2 aromatic rings. The molecule has 3 nitrogen and oxygen atoms in total. The highest BCUT2D eigenvalue weighted by molar-refractivity contribution is 5.22. The molecule has 4 atom stereocenters. The normalized spacial score (nSPS) is 34.0. The molecule has 3 heteroatoms. The molecular weight excluding hydrogens is 226 g/mol. The number of benzene rings is 1. The van der Waals surface area contributed by atoms with E-state index in [2.05, 4.69) is 35.4 Å². The van der Waals surface area contributed by atoms with Crippen LogP contribution in [0.25, 0.3) is 0 Å². The van der Waals surface area contributed by atoms with Gasteiger partial charge in [0, 0.05) is 6.42 Å². The monoisotopic (exact) mass is 241 g/mol. The lowest BCUT2D eigenvalue weighted by Crippen LogP contribution is -2.25.